The second-order valence-corrected chi connectivity index (χ2v) is 6.13. The van der Waals surface area contributed by atoms with E-state index < -0.39 is 0 Å². The second kappa shape index (κ2) is 5.17. The Hall–Kier alpha value is -0.250. The number of piperidine rings is 1. The Morgan fingerprint density at radius 3 is 2.82 bits per heavy atom. The predicted octanol–water partition coefficient (Wildman–Crippen LogP) is 3.66. The average molecular weight is 318 g/mol. The fraction of sp³-hybridized carbons (Fsp3) is 0.538. The van der Waals surface area contributed by atoms with Gasteiger partial charge in [-0.15, -0.1) is 0 Å². The van der Waals surface area contributed by atoms with Gasteiger partial charge in [0.25, 0.3) is 0 Å². The van der Waals surface area contributed by atoms with Crippen molar-refractivity contribution in [3.63, 3.8) is 0 Å². The van der Waals surface area contributed by atoms with Crippen LogP contribution in [0.4, 0.5) is 5.69 Å². The molecule has 0 amide bonds. The van der Waals surface area contributed by atoms with Crippen LogP contribution in [0.25, 0.3) is 0 Å². The molecule has 0 saturated carbocycles. The van der Waals surface area contributed by atoms with E-state index in [1.54, 1.807) is 0 Å². The molecule has 0 aliphatic carbocycles. The zero-order chi connectivity index (χ0) is 12.6. The van der Waals surface area contributed by atoms with Gasteiger partial charge in [-0.3, -0.25) is 0 Å². The highest BCUT2D eigenvalue weighted by Crippen LogP contribution is 2.34. The first-order valence-electron chi connectivity index (χ1n) is 5.98. The number of halogens is 2. The predicted molar refractivity (Wildman–Crippen MR) is 77.7 cm³/mol. The molecular formula is C13H18BrClN2. The summed E-state index contributed by atoms with van der Waals surface area (Å²) >= 11 is 9.67. The van der Waals surface area contributed by atoms with Gasteiger partial charge in [0, 0.05) is 28.1 Å². The fourth-order valence-corrected chi connectivity index (χ4v) is 3.08. The topological polar surface area (TPSA) is 29.3 Å². The molecule has 2 N–H and O–H groups in total. The molecule has 3 atom stereocenters. The van der Waals surface area contributed by atoms with Crippen LogP contribution in [0.2, 0.25) is 5.02 Å². The van der Waals surface area contributed by atoms with Crippen molar-refractivity contribution in [3.8, 4) is 0 Å². The summed E-state index contributed by atoms with van der Waals surface area (Å²) in [5, 5.41) is 0.776. The van der Waals surface area contributed by atoms with Gasteiger partial charge >= 0.3 is 0 Å². The average Bonchev–Trinajstić information content (AvgIpc) is 2.30. The van der Waals surface area contributed by atoms with Crippen molar-refractivity contribution >= 4 is 33.2 Å². The molecule has 2 nitrogen and oxygen atoms in total. The van der Waals surface area contributed by atoms with Gasteiger partial charge in [-0.05, 0) is 53.4 Å². The first-order valence-corrected chi connectivity index (χ1v) is 7.15. The van der Waals surface area contributed by atoms with Crippen molar-refractivity contribution < 1.29 is 0 Å². The fourth-order valence-electron chi connectivity index (χ4n) is 2.44. The zero-order valence-electron chi connectivity index (χ0n) is 10.2. The maximum absolute atomic E-state index is 6.11. The third-order valence-corrected chi connectivity index (χ3v) is 4.75. The van der Waals surface area contributed by atoms with Gasteiger partial charge in [0.15, 0.2) is 0 Å². The summed E-state index contributed by atoms with van der Waals surface area (Å²) in [5.74, 6) is 0.495. The van der Waals surface area contributed by atoms with Crippen LogP contribution in [0, 0.1) is 5.92 Å². The van der Waals surface area contributed by atoms with Crippen LogP contribution in [-0.2, 0) is 0 Å². The second-order valence-electron chi connectivity index (χ2n) is 4.84. The Morgan fingerprint density at radius 1 is 1.41 bits per heavy atom. The molecule has 17 heavy (non-hydrogen) atoms. The molecule has 4 heteroatoms. The minimum Gasteiger partial charge on any atom is -0.367 e. The molecule has 0 spiro atoms. The van der Waals surface area contributed by atoms with E-state index in [9.17, 15) is 0 Å². The molecule has 1 aliphatic heterocycles. The summed E-state index contributed by atoms with van der Waals surface area (Å²) in [5.41, 5.74) is 7.28. The molecule has 0 aromatic heterocycles. The molecule has 1 saturated heterocycles. The minimum atomic E-state index is 0.305. The van der Waals surface area contributed by atoms with E-state index in [2.05, 4.69) is 34.7 Å². The van der Waals surface area contributed by atoms with Crippen molar-refractivity contribution in [2.24, 2.45) is 11.7 Å². The van der Waals surface area contributed by atoms with Crippen LogP contribution in [0.1, 0.15) is 20.3 Å². The SMILES string of the molecule is CC1C(N)CCN(c2cc(Cl)ccc2Br)C1C. The van der Waals surface area contributed by atoms with Crippen LogP contribution < -0.4 is 10.6 Å². The van der Waals surface area contributed by atoms with E-state index in [0.717, 1.165) is 22.5 Å². The Kier molecular flexibility index (Phi) is 4.01. The first kappa shape index (κ1) is 13.2. The van der Waals surface area contributed by atoms with Gasteiger partial charge < -0.3 is 10.6 Å². The van der Waals surface area contributed by atoms with E-state index in [-0.39, 0.29) is 0 Å². The number of nitrogens with zero attached hydrogens (tertiary/aromatic N) is 1. The maximum atomic E-state index is 6.11. The van der Waals surface area contributed by atoms with Gasteiger partial charge in [0.05, 0.1) is 5.69 Å². The van der Waals surface area contributed by atoms with E-state index >= 15 is 0 Å². The van der Waals surface area contributed by atoms with Gasteiger partial charge in [0.1, 0.15) is 0 Å². The molecule has 1 aromatic rings. The number of hydrogen-bond donors (Lipinski definition) is 1. The maximum Gasteiger partial charge on any atom is 0.0528 e. The standard InChI is InChI=1S/C13H18BrClN2/c1-8-9(2)17(6-5-12(8)16)13-7-10(15)3-4-11(13)14/h3-4,7-9,12H,5-6,16H2,1-2H3. The lowest BCUT2D eigenvalue weighted by Gasteiger charge is -2.43. The van der Waals surface area contributed by atoms with Crippen LogP contribution in [-0.4, -0.2) is 18.6 Å². The van der Waals surface area contributed by atoms with Gasteiger partial charge in [0.2, 0.25) is 0 Å². The van der Waals surface area contributed by atoms with Crippen LogP contribution in [0.15, 0.2) is 22.7 Å². The summed E-state index contributed by atoms with van der Waals surface area (Å²) in [7, 11) is 0. The normalized spacial score (nSPS) is 29.5. The number of benzene rings is 1. The molecule has 1 heterocycles. The van der Waals surface area contributed by atoms with Crippen molar-refractivity contribution in [2.75, 3.05) is 11.4 Å². The molecule has 0 bridgehead atoms. The lowest BCUT2D eigenvalue weighted by molar-refractivity contribution is 0.315. The molecule has 94 valence electrons. The summed E-state index contributed by atoms with van der Waals surface area (Å²) in [6.07, 6.45) is 1.03. The Bertz CT molecular complexity index is 410. The smallest absolute Gasteiger partial charge is 0.0528 e. The number of anilines is 1. The quantitative estimate of drug-likeness (QED) is 0.856. The molecule has 0 radical (unpaired) electrons. The van der Waals surface area contributed by atoms with Crippen LogP contribution in [0.5, 0.6) is 0 Å². The summed E-state index contributed by atoms with van der Waals surface area (Å²) in [4.78, 5) is 2.39. The van der Waals surface area contributed by atoms with Crippen molar-refractivity contribution in [1.29, 1.82) is 0 Å². The zero-order valence-corrected chi connectivity index (χ0v) is 12.5. The minimum absolute atomic E-state index is 0.305. The Morgan fingerprint density at radius 2 is 2.12 bits per heavy atom. The third kappa shape index (κ3) is 2.61. The molecule has 1 fully saturated rings. The van der Waals surface area contributed by atoms with Gasteiger partial charge in [-0.2, -0.15) is 0 Å². The van der Waals surface area contributed by atoms with E-state index in [1.807, 2.05) is 18.2 Å². The van der Waals surface area contributed by atoms with E-state index in [0.29, 0.717) is 18.0 Å². The van der Waals surface area contributed by atoms with E-state index in [4.69, 9.17) is 17.3 Å². The van der Waals surface area contributed by atoms with E-state index in [1.165, 1.54) is 5.69 Å². The molecule has 1 aliphatic rings. The third-order valence-electron chi connectivity index (χ3n) is 3.85. The molecular weight excluding hydrogens is 300 g/mol. The lowest BCUT2D eigenvalue weighted by atomic mass is 9.87. The van der Waals surface area contributed by atoms with Gasteiger partial charge in [-0.25, -0.2) is 0 Å². The summed E-state index contributed by atoms with van der Waals surface area (Å²) in [6.45, 7) is 5.45. The highest BCUT2D eigenvalue weighted by molar-refractivity contribution is 9.10. The summed E-state index contributed by atoms with van der Waals surface area (Å²) in [6, 6.07) is 6.67. The highest BCUT2D eigenvalue weighted by atomic mass is 79.9. The van der Waals surface area contributed by atoms with Crippen molar-refractivity contribution in [3.05, 3.63) is 27.7 Å². The molecule has 3 unspecified atom stereocenters. The van der Waals surface area contributed by atoms with Crippen LogP contribution in [0.3, 0.4) is 0 Å². The van der Waals surface area contributed by atoms with Gasteiger partial charge in [-0.1, -0.05) is 18.5 Å². The number of nitrogens with two attached hydrogens (primary N) is 1. The molecule has 2 rings (SSSR count). The lowest BCUT2D eigenvalue weighted by Crippen LogP contribution is -2.52. The summed E-state index contributed by atoms with van der Waals surface area (Å²) < 4.78 is 1.09. The Labute approximate surface area is 116 Å². The number of hydrogen-bond acceptors (Lipinski definition) is 2. The van der Waals surface area contributed by atoms with Crippen molar-refractivity contribution in [2.45, 2.75) is 32.4 Å². The monoisotopic (exact) mass is 316 g/mol. The Balaban J connectivity index is 2.30. The van der Waals surface area contributed by atoms with Crippen LogP contribution >= 0.6 is 27.5 Å². The van der Waals surface area contributed by atoms with Crippen molar-refractivity contribution in [1.82, 2.24) is 0 Å². The first-order chi connectivity index (χ1) is 8.00. The number of rotatable bonds is 1. The highest BCUT2D eigenvalue weighted by Gasteiger charge is 2.31. The molecule has 1 aromatic carbocycles. The largest absolute Gasteiger partial charge is 0.367 e.